The van der Waals surface area contributed by atoms with E-state index in [4.69, 9.17) is 4.74 Å². The molecule has 0 radical (unpaired) electrons. The monoisotopic (exact) mass is 398 g/mol. The molecule has 1 aromatic heterocycles. The van der Waals surface area contributed by atoms with Gasteiger partial charge in [0, 0.05) is 18.1 Å². The van der Waals surface area contributed by atoms with E-state index in [2.05, 4.69) is 15.0 Å². The number of alkyl halides is 3. The van der Waals surface area contributed by atoms with E-state index in [9.17, 15) is 23.3 Å². The number of benzene rings is 1. The van der Waals surface area contributed by atoms with Crippen molar-refractivity contribution >= 4 is 5.82 Å². The normalized spacial score (nSPS) is 21.7. The standard InChI is InChI=1S/C17H17F3N4O4/c18-17(19,20)28-12-5-1-10(2-6-12)7-21-13-8-23-9-14(24(25)26)22-16(23)27-15(13)11-3-4-11/h1-2,5-6,9,11,13,15,21H,3-4,7-8H2/t13-,15-/m0/s1. The lowest BCUT2D eigenvalue weighted by atomic mass is 10.0. The van der Waals surface area contributed by atoms with E-state index in [0.29, 0.717) is 19.0 Å². The van der Waals surface area contributed by atoms with Crippen molar-refractivity contribution in [2.45, 2.75) is 44.4 Å². The highest BCUT2D eigenvalue weighted by atomic mass is 19.4. The Labute approximate surface area is 157 Å². The molecule has 1 aliphatic carbocycles. The Morgan fingerprint density at radius 3 is 2.64 bits per heavy atom. The van der Waals surface area contributed by atoms with Crippen molar-refractivity contribution in [3.8, 4) is 11.8 Å². The van der Waals surface area contributed by atoms with Gasteiger partial charge in [-0.3, -0.25) is 4.57 Å². The maximum Gasteiger partial charge on any atom is 0.573 e. The summed E-state index contributed by atoms with van der Waals surface area (Å²) in [5.41, 5.74) is 0.784. The van der Waals surface area contributed by atoms with Gasteiger partial charge in [-0.25, -0.2) is 0 Å². The van der Waals surface area contributed by atoms with E-state index in [1.54, 1.807) is 16.7 Å². The topological polar surface area (TPSA) is 91.5 Å². The van der Waals surface area contributed by atoms with Crippen LogP contribution >= 0.6 is 0 Å². The van der Waals surface area contributed by atoms with Crippen molar-refractivity contribution in [3.63, 3.8) is 0 Å². The molecule has 2 aliphatic rings. The number of nitro groups is 1. The van der Waals surface area contributed by atoms with E-state index >= 15 is 0 Å². The molecule has 1 fully saturated rings. The van der Waals surface area contributed by atoms with Crippen LogP contribution in [0.4, 0.5) is 19.0 Å². The van der Waals surface area contributed by atoms with Crippen LogP contribution in [0.2, 0.25) is 0 Å². The molecule has 1 saturated carbocycles. The number of hydrogen-bond donors (Lipinski definition) is 1. The summed E-state index contributed by atoms with van der Waals surface area (Å²) in [4.78, 5) is 14.3. The molecular weight excluding hydrogens is 381 g/mol. The third-order valence-corrected chi connectivity index (χ3v) is 4.76. The fraction of sp³-hybridized carbons (Fsp3) is 0.471. The lowest BCUT2D eigenvalue weighted by Gasteiger charge is -2.32. The summed E-state index contributed by atoms with van der Waals surface area (Å²) < 4.78 is 48.1. The number of halogens is 3. The summed E-state index contributed by atoms with van der Waals surface area (Å²) in [5.74, 6) is -0.168. The summed E-state index contributed by atoms with van der Waals surface area (Å²) in [6.07, 6.45) is -1.48. The van der Waals surface area contributed by atoms with Crippen LogP contribution in [0.3, 0.4) is 0 Å². The Morgan fingerprint density at radius 2 is 2.04 bits per heavy atom. The summed E-state index contributed by atoms with van der Waals surface area (Å²) in [7, 11) is 0. The molecule has 28 heavy (non-hydrogen) atoms. The minimum atomic E-state index is -4.72. The molecular formula is C17H17F3N4O4. The van der Waals surface area contributed by atoms with Gasteiger partial charge in [0.15, 0.2) is 0 Å². The number of hydrogen-bond acceptors (Lipinski definition) is 6. The highest BCUT2D eigenvalue weighted by molar-refractivity contribution is 5.27. The van der Waals surface area contributed by atoms with Gasteiger partial charge in [-0.2, -0.15) is 0 Å². The van der Waals surface area contributed by atoms with Crippen LogP contribution in [0.5, 0.6) is 11.8 Å². The highest BCUT2D eigenvalue weighted by Crippen LogP contribution is 2.39. The van der Waals surface area contributed by atoms with Gasteiger partial charge in [0.25, 0.3) is 0 Å². The molecule has 0 spiro atoms. The van der Waals surface area contributed by atoms with Gasteiger partial charge in [0.1, 0.15) is 18.1 Å². The summed E-state index contributed by atoms with van der Waals surface area (Å²) in [6, 6.07) is 5.78. The first-order valence-electron chi connectivity index (χ1n) is 8.75. The van der Waals surface area contributed by atoms with Gasteiger partial charge in [-0.15, -0.1) is 13.2 Å². The molecule has 2 atom stereocenters. The van der Waals surface area contributed by atoms with Gasteiger partial charge in [0.05, 0.1) is 6.04 Å². The van der Waals surface area contributed by atoms with Crippen LogP contribution in [0.1, 0.15) is 18.4 Å². The van der Waals surface area contributed by atoms with Gasteiger partial charge in [0.2, 0.25) is 0 Å². The molecule has 150 valence electrons. The SMILES string of the molecule is O=[N+]([O-])c1cn2c(n1)O[C@@H](C1CC1)[C@@H](NCc1ccc(OC(F)(F)F)cc1)C2. The maximum atomic E-state index is 12.2. The lowest BCUT2D eigenvalue weighted by molar-refractivity contribution is -0.389. The number of ether oxygens (including phenoxy) is 2. The molecule has 1 aromatic carbocycles. The van der Waals surface area contributed by atoms with Crippen LogP contribution in [0.25, 0.3) is 0 Å². The molecule has 8 nitrogen and oxygen atoms in total. The first kappa shape index (κ1) is 18.5. The van der Waals surface area contributed by atoms with Crippen LogP contribution in [0.15, 0.2) is 30.5 Å². The second-order valence-corrected chi connectivity index (χ2v) is 6.89. The minimum absolute atomic E-state index is 0.0973. The first-order chi connectivity index (χ1) is 13.3. The van der Waals surface area contributed by atoms with Crippen LogP contribution in [-0.4, -0.2) is 33.0 Å². The third kappa shape index (κ3) is 4.19. The van der Waals surface area contributed by atoms with Gasteiger partial charge in [-0.05, 0) is 41.4 Å². The summed E-state index contributed by atoms with van der Waals surface area (Å²) in [5, 5.41) is 14.3. The fourth-order valence-electron chi connectivity index (χ4n) is 3.31. The van der Waals surface area contributed by atoms with Crippen molar-refractivity contribution in [1.82, 2.24) is 14.9 Å². The zero-order chi connectivity index (χ0) is 19.9. The van der Waals surface area contributed by atoms with E-state index in [1.807, 2.05) is 0 Å². The van der Waals surface area contributed by atoms with Crippen molar-refractivity contribution in [2.24, 2.45) is 5.92 Å². The molecule has 1 N–H and O–H groups in total. The zero-order valence-corrected chi connectivity index (χ0v) is 14.6. The van der Waals surface area contributed by atoms with E-state index in [-0.39, 0.29) is 29.7 Å². The average molecular weight is 398 g/mol. The molecule has 2 aromatic rings. The molecule has 4 rings (SSSR count). The quantitative estimate of drug-likeness (QED) is 0.594. The van der Waals surface area contributed by atoms with Crippen molar-refractivity contribution < 1.29 is 27.6 Å². The largest absolute Gasteiger partial charge is 0.573 e. The number of nitrogens with one attached hydrogen (secondary N) is 1. The zero-order valence-electron chi connectivity index (χ0n) is 14.6. The van der Waals surface area contributed by atoms with Crippen molar-refractivity contribution in [1.29, 1.82) is 0 Å². The predicted molar refractivity (Wildman–Crippen MR) is 89.8 cm³/mol. The number of fused-ring (bicyclic) bond motifs is 1. The molecule has 11 heteroatoms. The van der Waals surface area contributed by atoms with Crippen LogP contribution in [-0.2, 0) is 13.1 Å². The second-order valence-electron chi connectivity index (χ2n) is 6.89. The Hall–Kier alpha value is -2.82. The van der Waals surface area contributed by atoms with Gasteiger partial charge < -0.3 is 24.9 Å². The van der Waals surface area contributed by atoms with E-state index in [0.717, 1.165) is 18.4 Å². The summed E-state index contributed by atoms with van der Waals surface area (Å²) in [6.45, 7) is 0.877. The molecule has 0 saturated heterocycles. The van der Waals surface area contributed by atoms with Gasteiger partial charge >= 0.3 is 18.2 Å². The molecule has 0 amide bonds. The Balaban J connectivity index is 1.42. The maximum absolute atomic E-state index is 12.2. The highest BCUT2D eigenvalue weighted by Gasteiger charge is 2.43. The minimum Gasteiger partial charge on any atom is -0.440 e. The molecule has 0 bridgehead atoms. The Bertz CT molecular complexity index is 864. The van der Waals surface area contributed by atoms with Crippen molar-refractivity contribution in [2.75, 3.05) is 0 Å². The second kappa shape index (κ2) is 6.97. The number of imidazole rings is 1. The summed E-state index contributed by atoms with van der Waals surface area (Å²) >= 11 is 0. The first-order valence-corrected chi connectivity index (χ1v) is 8.75. The fourth-order valence-corrected chi connectivity index (χ4v) is 3.31. The predicted octanol–water partition coefficient (Wildman–Crippen LogP) is 3.02. The lowest BCUT2D eigenvalue weighted by Crippen LogP contribution is -2.49. The number of aromatic nitrogens is 2. The van der Waals surface area contributed by atoms with E-state index < -0.39 is 11.3 Å². The average Bonchev–Trinajstić information content (AvgIpc) is 3.38. The number of rotatable bonds is 6. The smallest absolute Gasteiger partial charge is 0.440 e. The van der Waals surface area contributed by atoms with Gasteiger partial charge in [-0.1, -0.05) is 12.1 Å². The molecule has 0 unspecified atom stereocenters. The van der Waals surface area contributed by atoms with Crippen LogP contribution < -0.4 is 14.8 Å². The Morgan fingerprint density at radius 1 is 1.32 bits per heavy atom. The Kier molecular flexibility index (Phi) is 4.61. The van der Waals surface area contributed by atoms with Crippen LogP contribution in [0, 0.1) is 16.0 Å². The molecule has 2 heterocycles. The third-order valence-electron chi connectivity index (χ3n) is 4.76. The molecule has 1 aliphatic heterocycles. The van der Waals surface area contributed by atoms with E-state index in [1.165, 1.54) is 18.3 Å². The van der Waals surface area contributed by atoms with Crippen molar-refractivity contribution in [3.05, 3.63) is 46.1 Å². The number of nitrogens with zero attached hydrogens (tertiary/aromatic N) is 3.